The van der Waals surface area contributed by atoms with Crippen molar-refractivity contribution in [2.45, 2.75) is 44.6 Å². The zero-order valence-electron chi connectivity index (χ0n) is 15.7. The first-order valence-electron chi connectivity index (χ1n) is 8.92. The SMILES string of the molecule is CC(C)(C)c1nc(CCNC(=O)C2(O)CCN(c3ccccc3)C2=O)no1. The number of aromatic nitrogens is 2. The Morgan fingerprint density at radius 3 is 2.67 bits per heavy atom. The highest BCUT2D eigenvalue weighted by atomic mass is 16.5. The number of nitrogens with zero attached hydrogens (tertiary/aromatic N) is 3. The van der Waals surface area contributed by atoms with Gasteiger partial charge in [0.2, 0.25) is 11.5 Å². The molecule has 27 heavy (non-hydrogen) atoms. The molecule has 1 aromatic carbocycles. The van der Waals surface area contributed by atoms with Crippen LogP contribution in [0.4, 0.5) is 5.69 Å². The van der Waals surface area contributed by atoms with E-state index in [4.69, 9.17) is 4.52 Å². The Labute approximate surface area is 157 Å². The third-order valence-corrected chi connectivity index (χ3v) is 4.48. The first-order chi connectivity index (χ1) is 12.7. The summed E-state index contributed by atoms with van der Waals surface area (Å²) in [6, 6.07) is 8.98. The lowest BCUT2D eigenvalue weighted by atomic mass is 9.97. The largest absolute Gasteiger partial charge is 0.372 e. The second-order valence-corrected chi connectivity index (χ2v) is 7.67. The minimum atomic E-state index is -2.05. The van der Waals surface area contributed by atoms with Crippen molar-refractivity contribution in [2.75, 3.05) is 18.0 Å². The van der Waals surface area contributed by atoms with Gasteiger partial charge in [0.25, 0.3) is 11.8 Å². The first-order valence-corrected chi connectivity index (χ1v) is 8.92. The van der Waals surface area contributed by atoms with E-state index in [-0.39, 0.29) is 24.9 Å². The maximum Gasteiger partial charge on any atom is 0.268 e. The summed E-state index contributed by atoms with van der Waals surface area (Å²) < 4.78 is 5.20. The minimum Gasteiger partial charge on any atom is -0.372 e. The highest BCUT2D eigenvalue weighted by molar-refractivity contribution is 6.16. The smallest absolute Gasteiger partial charge is 0.268 e. The molecule has 1 saturated heterocycles. The number of nitrogens with one attached hydrogen (secondary N) is 1. The fraction of sp³-hybridized carbons (Fsp3) is 0.474. The van der Waals surface area contributed by atoms with Gasteiger partial charge >= 0.3 is 0 Å². The zero-order chi connectivity index (χ0) is 19.7. The van der Waals surface area contributed by atoms with Crippen LogP contribution in [0.3, 0.4) is 0 Å². The molecule has 144 valence electrons. The Hall–Kier alpha value is -2.74. The molecule has 0 spiro atoms. The van der Waals surface area contributed by atoms with Crippen molar-refractivity contribution in [3.8, 4) is 0 Å². The highest BCUT2D eigenvalue weighted by Crippen LogP contribution is 2.28. The molecule has 1 unspecified atom stereocenters. The quantitative estimate of drug-likeness (QED) is 0.764. The average molecular weight is 372 g/mol. The predicted molar refractivity (Wildman–Crippen MR) is 98.1 cm³/mol. The molecule has 1 aromatic heterocycles. The van der Waals surface area contributed by atoms with E-state index in [1.807, 2.05) is 26.8 Å². The molecule has 2 N–H and O–H groups in total. The van der Waals surface area contributed by atoms with Gasteiger partial charge < -0.3 is 19.8 Å². The molecular formula is C19H24N4O4. The van der Waals surface area contributed by atoms with Gasteiger partial charge in [-0.25, -0.2) is 0 Å². The van der Waals surface area contributed by atoms with Gasteiger partial charge in [-0.2, -0.15) is 4.98 Å². The number of rotatable bonds is 5. The normalized spacial score (nSPS) is 20.1. The van der Waals surface area contributed by atoms with Crippen LogP contribution >= 0.6 is 0 Å². The van der Waals surface area contributed by atoms with E-state index < -0.39 is 17.4 Å². The number of para-hydroxylation sites is 1. The summed E-state index contributed by atoms with van der Waals surface area (Å²) >= 11 is 0. The topological polar surface area (TPSA) is 109 Å². The van der Waals surface area contributed by atoms with E-state index in [2.05, 4.69) is 15.5 Å². The van der Waals surface area contributed by atoms with Crippen LogP contribution < -0.4 is 10.2 Å². The lowest BCUT2D eigenvalue weighted by molar-refractivity contribution is -0.149. The Morgan fingerprint density at radius 2 is 2.04 bits per heavy atom. The van der Waals surface area contributed by atoms with E-state index in [0.717, 1.165) is 0 Å². The van der Waals surface area contributed by atoms with E-state index in [9.17, 15) is 14.7 Å². The van der Waals surface area contributed by atoms with Gasteiger partial charge in [0, 0.05) is 37.0 Å². The second-order valence-electron chi connectivity index (χ2n) is 7.67. The Balaban J connectivity index is 1.58. The van der Waals surface area contributed by atoms with Crippen molar-refractivity contribution in [1.82, 2.24) is 15.5 Å². The molecule has 2 amide bonds. The van der Waals surface area contributed by atoms with Gasteiger partial charge in [-0.3, -0.25) is 9.59 Å². The number of aliphatic hydroxyl groups is 1. The van der Waals surface area contributed by atoms with E-state index in [1.165, 1.54) is 4.90 Å². The number of anilines is 1. The fourth-order valence-corrected chi connectivity index (χ4v) is 2.86. The summed E-state index contributed by atoms with van der Waals surface area (Å²) in [7, 11) is 0. The Morgan fingerprint density at radius 1 is 1.33 bits per heavy atom. The van der Waals surface area contributed by atoms with Crippen LogP contribution in [0.15, 0.2) is 34.9 Å². The van der Waals surface area contributed by atoms with Crippen molar-refractivity contribution >= 4 is 17.5 Å². The number of carbonyl (C=O) groups is 2. The molecular weight excluding hydrogens is 348 g/mol. The summed E-state index contributed by atoms with van der Waals surface area (Å²) in [6.07, 6.45) is 0.390. The van der Waals surface area contributed by atoms with Gasteiger partial charge in [-0.05, 0) is 12.1 Å². The molecule has 8 heteroatoms. The molecule has 0 radical (unpaired) electrons. The molecule has 0 bridgehead atoms. The summed E-state index contributed by atoms with van der Waals surface area (Å²) in [5, 5.41) is 17.1. The average Bonchev–Trinajstić information content (AvgIpc) is 3.22. The number of hydrogen-bond acceptors (Lipinski definition) is 6. The maximum atomic E-state index is 12.6. The summed E-state index contributed by atoms with van der Waals surface area (Å²) in [5.41, 5.74) is -1.64. The van der Waals surface area contributed by atoms with Crippen LogP contribution in [0, 0.1) is 0 Å². The molecule has 1 atom stereocenters. The lowest BCUT2D eigenvalue weighted by Gasteiger charge is -2.21. The molecule has 1 aliphatic heterocycles. The molecule has 8 nitrogen and oxygen atoms in total. The third-order valence-electron chi connectivity index (χ3n) is 4.48. The van der Waals surface area contributed by atoms with E-state index >= 15 is 0 Å². The van der Waals surface area contributed by atoms with Crippen LogP contribution in [0.1, 0.15) is 38.9 Å². The number of amides is 2. The lowest BCUT2D eigenvalue weighted by Crippen LogP contribution is -2.52. The number of hydrogen-bond donors (Lipinski definition) is 2. The van der Waals surface area contributed by atoms with Gasteiger partial charge in [0.15, 0.2) is 5.82 Å². The second kappa shape index (κ2) is 7.11. The molecule has 1 fully saturated rings. The highest BCUT2D eigenvalue weighted by Gasteiger charge is 2.51. The number of benzene rings is 1. The van der Waals surface area contributed by atoms with Crippen LogP contribution in [-0.2, 0) is 21.4 Å². The zero-order valence-corrected chi connectivity index (χ0v) is 15.7. The van der Waals surface area contributed by atoms with Crippen LogP contribution in [0.2, 0.25) is 0 Å². The third kappa shape index (κ3) is 3.85. The van der Waals surface area contributed by atoms with Gasteiger partial charge in [0.1, 0.15) is 0 Å². The van der Waals surface area contributed by atoms with Crippen LogP contribution in [0.5, 0.6) is 0 Å². The maximum absolute atomic E-state index is 12.6. The predicted octanol–water partition coefficient (Wildman–Crippen LogP) is 1.19. The van der Waals surface area contributed by atoms with Gasteiger partial charge in [0.05, 0.1) is 0 Å². The first kappa shape index (κ1) is 19.0. The van der Waals surface area contributed by atoms with Crippen molar-refractivity contribution < 1.29 is 19.2 Å². The van der Waals surface area contributed by atoms with Gasteiger partial charge in [-0.1, -0.05) is 44.1 Å². The van der Waals surface area contributed by atoms with Crippen molar-refractivity contribution in [1.29, 1.82) is 0 Å². The molecule has 0 saturated carbocycles. The van der Waals surface area contributed by atoms with Crippen LogP contribution in [0.25, 0.3) is 0 Å². The molecule has 2 aromatic rings. The van der Waals surface area contributed by atoms with Crippen molar-refractivity contribution in [2.24, 2.45) is 0 Å². The summed E-state index contributed by atoms with van der Waals surface area (Å²) in [4.78, 5) is 30.7. The molecule has 3 rings (SSSR count). The Kier molecular flexibility index (Phi) is 5.01. The summed E-state index contributed by atoms with van der Waals surface area (Å²) in [6.45, 7) is 6.37. The van der Waals surface area contributed by atoms with Gasteiger partial charge in [-0.15, -0.1) is 0 Å². The van der Waals surface area contributed by atoms with Crippen molar-refractivity contribution in [3.05, 3.63) is 42.0 Å². The van der Waals surface area contributed by atoms with Crippen molar-refractivity contribution in [3.63, 3.8) is 0 Å². The number of carbonyl (C=O) groups excluding carboxylic acids is 2. The Bertz CT molecular complexity index is 828. The van der Waals surface area contributed by atoms with E-state index in [1.54, 1.807) is 24.3 Å². The standard InChI is InChI=1S/C19H24N4O4/c1-18(2,3)16-21-14(22-27-16)9-11-20-15(24)19(26)10-12-23(17(19)25)13-7-5-4-6-8-13/h4-8,26H,9-12H2,1-3H3,(H,20,24). The summed E-state index contributed by atoms with van der Waals surface area (Å²) in [5.74, 6) is -0.325. The molecule has 0 aliphatic carbocycles. The van der Waals surface area contributed by atoms with E-state index in [0.29, 0.717) is 23.8 Å². The molecule has 2 heterocycles. The monoisotopic (exact) mass is 372 g/mol. The minimum absolute atomic E-state index is 0.0446. The molecule has 1 aliphatic rings. The fourth-order valence-electron chi connectivity index (χ4n) is 2.86. The van der Waals surface area contributed by atoms with Crippen LogP contribution in [-0.4, -0.2) is 45.8 Å².